The number of hydrogen-bond donors (Lipinski definition) is 2. The lowest BCUT2D eigenvalue weighted by molar-refractivity contribution is 0.232. The maximum absolute atomic E-state index is 12.4. The number of aromatic hydroxyl groups is 1. The molecule has 1 fully saturated rings. The summed E-state index contributed by atoms with van der Waals surface area (Å²) >= 11 is 0. The van der Waals surface area contributed by atoms with Crippen molar-refractivity contribution in [3.63, 3.8) is 0 Å². The molecule has 0 atom stereocenters. The van der Waals surface area contributed by atoms with E-state index in [4.69, 9.17) is 14.5 Å². The number of H-pyrrole nitrogens is 1. The molecule has 0 spiro atoms. The summed E-state index contributed by atoms with van der Waals surface area (Å²) in [6, 6.07) is 3.18. The van der Waals surface area contributed by atoms with Gasteiger partial charge in [-0.3, -0.25) is 9.69 Å². The van der Waals surface area contributed by atoms with Gasteiger partial charge in [-0.2, -0.15) is 0 Å². The van der Waals surface area contributed by atoms with Gasteiger partial charge in [0.15, 0.2) is 0 Å². The summed E-state index contributed by atoms with van der Waals surface area (Å²) in [4.78, 5) is 22.3. The normalized spacial score (nSPS) is 16.8. The Balaban J connectivity index is 1.58. The van der Waals surface area contributed by atoms with Crippen LogP contribution in [0.15, 0.2) is 16.9 Å². The number of aromatic nitrogens is 2. The molecule has 7 heteroatoms. The molecule has 0 saturated heterocycles. The number of ether oxygens (including phenoxy) is 2. The highest BCUT2D eigenvalue weighted by Gasteiger charge is 2.26. The fraction of sp³-hybridized carbons (Fsp3) is 0.500. The molecular formula is C20H25N3O4. The molecule has 2 aliphatic rings. The molecule has 4 rings (SSSR count). The summed E-state index contributed by atoms with van der Waals surface area (Å²) in [5.74, 6) is 2.77. The van der Waals surface area contributed by atoms with Gasteiger partial charge in [-0.05, 0) is 25.2 Å². The largest absolute Gasteiger partial charge is 0.508 e. The van der Waals surface area contributed by atoms with Crippen LogP contribution in [-0.4, -0.2) is 40.7 Å². The minimum Gasteiger partial charge on any atom is -0.508 e. The summed E-state index contributed by atoms with van der Waals surface area (Å²) in [6.45, 7) is 1.97. The van der Waals surface area contributed by atoms with Gasteiger partial charge in [-0.15, -0.1) is 0 Å². The van der Waals surface area contributed by atoms with E-state index in [-0.39, 0.29) is 11.3 Å². The summed E-state index contributed by atoms with van der Waals surface area (Å²) in [7, 11) is 3.16. The molecule has 7 nitrogen and oxygen atoms in total. The molecule has 1 aliphatic heterocycles. The number of hydrogen-bond acceptors (Lipinski definition) is 6. The Morgan fingerprint density at radius 2 is 1.96 bits per heavy atom. The molecule has 1 aromatic carbocycles. The zero-order chi connectivity index (χ0) is 19.0. The van der Waals surface area contributed by atoms with Crippen LogP contribution < -0.4 is 15.0 Å². The first kappa shape index (κ1) is 17.9. The van der Waals surface area contributed by atoms with Gasteiger partial charge in [-0.1, -0.05) is 0 Å². The van der Waals surface area contributed by atoms with Crippen molar-refractivity contribution in [1.82, 2.24) is 14.9 Å². The molecule has 1 saturated carbocycles. The van der Waals surface area contributed by atoms with Crippen molar-refractivity contribution < 1.29 is 14.6 Å². The fourth-order valence-corrected chi connectivity index (χ4v) is 3.72. The summed E-state index contributed by atoms with van der Waals surface area (Å²) in [5.41, 5.74) is 2.56. The van der Waals surface area contributed by atoms with E-state index >= 15 is 0 Å². The van der Waals surface area contributed by atoms with Crippen LogP contribution in [0, 0.1) is 5.92 Å². The van der Waals surface area contributed by atoms with Crippen molar-refractivity contribution in [3.8, 4) is 17.2 Å². The lowest BCUT2D eigenvalue weighted by Crippen LogP contribution is -2.35. The SMILES string of the molecule is COc1cc(O)cc(OC)c1CN1CCc2c(nc(CC3CC3)[nH]c2=O)C1. The van der Waals surface area contributed by atoms with Gasteiger partial charge >= 0.3 is 0 Å². The van der Waals surface area contributed by atoms with Gasteiger partial charge in [0.25, 0.3) is 5.56 Å². The third-order valence-corrected chi connectivity index (χ3v) is 5.35. The van der Waals surface area contributed by atoms with Crippen molar-refractivity contribution >= 4 is 0 Å². The molecule has 0 unspecified atom stereocenters. The first-order valence-electron chi connectivity index (χ1n) is 9.34. The summed E-state index contributed by atoms with van der Waals surface area (Å²) in [5, 5.41) is 9.83. The molecule has 27 heavy (non-hydrogen) atoms. The number of methoxy groups -OCH3 is 2. The molecule has 0 bridgehead atoms. The topological polar surface area (TPSA) is 87.7 Å². The molecule has 144 valence electrons. The predicted molar refractivity (Wildman–Crippen MR) is 100 cm³/mol. The second-order valence-electron chi connectivity index (χ2n) is 7.37. The van der Waals surface area contributed by atoms with E-state index in [1.165, 1.54) is 12.8 Å². The number of phenols is 1. The highest BCUT2D eigenvalue weighted by molar-refractivity contribution is 5.50. The monoisotopic (exact) mass is 371 g/mol. The zero-order valence-corrected chi connectivity index (χ0v) is 15.7. The maximum atomic E-state index is 12.4. The predicted octanol–water partition coefficient (Wildman–Crippen LogP) is 2.00. The average Bonchev–Trinajstić information content (AvgIpc) is 3.46. The second-order valence-corrected chi connectivity index (χ2v) is 7.37. The van der Waals surface area contributed by atoms with E-state index in [1.807, 2.05) is 0 Å². The molecule has 2 heterocycles. The third kappa shape index (κ3) is 3.78. The maximum Gasteiger partial charge on any atom is 0.254 e. The number of aromatic amines is 1. The smallest absolute Gasteiger partial charge is 0.254 e. The fourth-order valence-electron chi connectivity index (χ4n) is 3.72. The Hall–Kier alpha value is -2.54. The Kier molecular flexibility index (Phi) is 4.78. The van der Waals surface area contributed by atoms with Crippen LogP contribution in [0.1, 0.15) is 35.5 Å². The number of fused-ring (bicyclic) bond motifs is 1. The van der Waals surface area contributed by atoms with Gasteiger partial charge in [0.1, 0.15) is 23.1 Å². The Bertz CT molecular complexity index is 880. The van der Waals surface area contributed by atoms with E-state index in [0.717, 1.165) is 35.6 Å². The van der Waals surface area contributed by atoms with Gasteiger partial charge in [0, 0.05) is 43.8 Å². The first-order valence-corrected chi connectivity index (χ1v) is 9.34. The Labute approximate surface area is 158 Å². The standard InChI is InChI=1S/C20H25N3O4/c1-26-17-8-13(24)9-18(27-2)15(17)10-23-6-5-14-16(11-23)21-19(22-20(14)25)7-12-3-4-12/h8-9,12,24H,3-7,10-11H2,1-2H3,(H,21,22,25). The van der Waals surface area contributed by atoms with Crippen LogP contribution >= 0.6 is 0 Å². The molecule has 0 amide bonds. The Morgan fingerprint density at radius 1 is 1.26 bits per heavy atom. The first-order chi connectivity index (χ1) is 13.1. The number of rotatable bonds is 6. The molecule has 2 aromatic rings. The number of phenolic OH excluding ortho intramolecular Hbond substituents is 1. The highest BCUT2D eigenvalue weighted by Crippen LogP contribution is 2.35. The van der Waals surface area contributed by atoms with Crippen molar-refractivity contribution in [3.05, 3.63) is 45.1 Å². The molecule has 1 aromatic heterocycles. The third-order valence-electron chi connectivity index (χ3n) is 5.35. The lowest BCUT2D eigenvalue weighted by Gasteiger charge is -2.28. The summed E-state index contributed by atoms with van der Waals surface area (Å²) in [6.07, 6.45) is 3.99. The quantitative estimate of drug-likeness (QED) is 0.808. The van der Waals surface area contributed by atoms with E-state index in [0.29, 0.717) is 36.9 Å². The van der Waals surface area contributed by atoms with Gasteiger partial charge in [0.05, 0.1) is 25.5 Å². The molecular weight excluding hydrogens is 346 g/mol. The van der Waals surface area contributed by atoms with E-state index in [9.17, 15) is 9.90 Å². The zero-order valence-electron chi connectivity index (χ0n) is 15.7. The van der Waals surface area contributed by atoms with Crippen LogP contribution in [0.2, 0.25) is 0 Å². The molecule has 0 radical (unpaired) electrons. The average molecular weight is 371 g/mol. The van der Waals surface area contributed by atoms with Crippen molar-refractivity contribution in [2.24, 2.45) is 5.92 Å². The van der Waals surface area contributed by atoms with Crippen molar-refractivity contribution in [2.45, 2.75) is 38.8 Å². The van der Waals surface area contributed by atoms with E-state index < -0.39 is 0 Å². The number of nitrogens with one attached hydrogen (secondary N) is 1. The van der Waals surface area contributed by atoms with Crippen LogP contribution in [0.25, 0.3) is 0 Å². The molecule has 2 N–H and O–H groups in total. The van der Waals surface area contributed by atoms with Crippen LogP contribution in [0.4, 0.5) is 0 Å². The van der Waals surface area contributed by atoms with E-state index in [2.05, 4.69) is 9.88 Å². The lowest BCUT2D eigenvalue weighted by atomic mass is 10.0. The number of nitrogens with zero attached hydrogens (tertiary/aromatic N) is 2. The van der Waals surface area contributed by atoms with Crippen LogP contribution in [-0.2, 0) is 25.9 Å². The molecule has 1 aliphatic carbocycles. The van der Waals surface area contributed by atoms with Crippen LogP contribution in [0.5, 0.6) is 17.2 Å². The van der Waals surface area contributed by atoms with E-state index in [1.54, 1.807) is 26.4 Å². The van der Waals surface area contributed by atoms with Gasteiger partial charge in [0.2, 0.25) is 0 Å². The van der Waals surface area contributed by atoms with Gasteiger partial charge in [-0.25, -0.2) is 4.98 Å². The Morgan fingerprint density at radius 3 is 2.59 bits per heavy atom. The number of benzene rings is 1. The minimum absolute atomic E-state index is 0.00935. The second kappa shape index (κ2) is 7.23. The van der Waals surface area contributed by atoms with Crippen molar-refractivity contribution in [1.29, 1.82) is 0 Å². The highest BCUT2D eigenvalue weighted by atomic mass is 16.5. The minimum atomic E-state index is 0.00935. The summed E-state index contributed by atoms with van der Waals surface area (Å²) < 4.78 is 10.9. The van der Waals surface area contributed by atoms with Crippen molar-refractivity contribution in [2.75, 3.05) is 20.8 Å². The van der Waals surface area contributed by atoms with Gasteiger partial charge < -0.3 is 19.6 Å². The van der Waals surface area contributed by atoms with Crippen LogP contribution in [0.3, 0.4) is 0 Å².